The monoisotopic (exact) mass is 477 g/mol. The van der Waals surface area contributed by atoms with Crippen LogP contribution in [-0.4, -0.2) is 26.7 Å². The normalized spacial score (nSPS) is 12.7. The summed E-state index contributed by atoms with van der Waals surface area (Å²) in [5.41, 5.74) is 2.42. The topological polar surface area (TPSA) is 115 Å². The van der Waals surface area contributed by atoms with Gasteiger partial charge in [-0.2, -0.15) is 4.98 Å². The van der Waals surface area contributed by atoms with Gasteiger partial charge in [-0.15, -0.1) is 0 Å². The van der Waals surface area contributed by atoms with Gasteiger partial charge in [0.15, 0.2) is 0 Å². The fraction of sp³-hybridized carbons (Fsp3) is 0.160. The Hall–Kier alpha value is -3.82. The SMILES string of the molecule is C=S(N)(=O)c1cccc(Nc2ncc(-c3ccc(OCC)cc3)c(NCc3ccc(C)o3)n2)c1. The summed E-state index contributed by atoms with van der Waals surface area (Å²) in [6, 6.07) is 18.5. The van der Waals surface area contributed by atoms with Gasteiger partial charge in [0.1, 0.15) is 23.1 Å². The van der Waals surface area contributed by atoms with Crippen LogP contribution in [0, 0.1) is 6.92 Å². The van der Waals surface area contributed by atoms with Crippen LogP contribution in [0.4, 0.5) is 17.5 Å². The smallest absolute Gasteiger partial charge is 0.229 e. The predicted molar refractivity (Wildman–Crippen MR) is 137 cm³/mol. The second kappa shape index (κ2) is 9.98. The predicted octanol–water partition coefficient (Wildman–Crippen LogP) is 4.75. The Bertz CT molecular complexity index is 1380. The average Bonchev–Trinajstić information content (AvgIpc) is 3.23. The summed E-state index contributed by atoms with van der Waals surface area (Å²) >= 11 is 0. The quantitative estimate of drug-likeness (QED) is 0.298. The number of aryl methyl sites for hydroxylation is 1. The Morgan fingerprint density at radius 2 is 1.94 bits per heavy atom. The zero-order valence-electron chi connectivity index (χ0n) is 19.1. The Morgan fingerprint density at radius 3 is 2.62 bits per heavy atom. The van der Waals surface area contributed by atoms with Crippen LogP contribution in [0.2, 0.25) is 0 Å². The van der Waals surface area contributed by atoms with E-state index in [4.69, 9.17) is 19.3 Å². The van der Waals surface area contributed by atoms with Crippen LogP contribution < -0.4 is 20.5 Å². The molecule has 34 heavy (non-hydrogen) atoms. The molecule has 2 aromatic carbocycles. The molecule has 0 fully saturated rings. The first-order valence-electron chi connectivity index (χ1n) is 10.7. The fourth-order valence-corrected chi connectivity index (χ4v) is 3.99. The van der Waals surface area contributed by atoms with Crippen LogP contribution in [0.25, 0.3) is 11.1 Å². The minimum atomic E-state index is -2.83. The summed E-state index contributed by atoms with van der Waals surface area (Å²) in [5, 5.41) is 12.2. The maximum atomic E-state index is 12.1. The Kier molecular flexibility index (Phi) is 6.85. The molecule has 0 saturated heterocycles. The molecule has 8 nitrogen and oxygen atoms in total. The highest BCUT2D eigenvalue weighted by Gasteiger charge is 2.12. The lowest BCUT2D eigenvalue weighted by atomic mass is 10.1. The first-order valence-corrected chi connectivity index (χ1v) is 12.5. The molecule has 0 aliphatic heterocycles. The van der Waals surface area contributed by atoms with E-state index in [-0.39, 0.29) is 0 Å². The number of nitrogens with zero attached hydrogens (tertiary/aromatic N) is 2. The van der Waals surface area contributed by atoms with Gasteiger partial charge >= 0.3 is 0 Å². The number of furan rings is 1. The molecule has 176 valence electrons. The van der Waals surface area contributed by atoms with Crippen LogP contribution >= 0.6 is 0 Å². The van der Waals surface area contributed by atoms with Gasteiger partial charge < -0.3 is 19.8 Å². The Morgan fingerprint density at radius 1 is 1.15 bits per heavy atom. The lowest BCUT2D eigenvalue weighted by Crippen LogP contribution is -2.12. The van der Waals surface area contributed by atoms with Crippen LogP contribution in [0.1, 0.15) is 18.4 Å². The second-order valence-corrected chi connectivity index (χ2v) is 9.58. The van der Waals surface area contributed by atoms with Crippen molar-refractivity contribution in [1.82, 2.24) is 9.97 Å². The van der Waals surface area contributed by atoms with Gasteiger partial charge in [0, 0.05) is 22.3 Å². The van der Waals surface area contributed by atoms with Crippen molar-refractivity contribution in [1.29, 1.82) is 0 Å². The molecule has 0 bridgehead atoms. The summed E-state index contributed by atoms with van der Waals surface area (Å²) in [7, 11) is -2.83. The summed E-state index contributed by atoms with van der Waals surface area (Å²) in [6.45, 7) is 4.92. The number of ether oxygens (including phenoxy) is 1. The van der Waals surface area contributed by atoms with Crippen molar-refractivity contribution in [2.45, 2.75) is 25.3 Å². The molecule has 4 rings (SSSR count). The lowest BCUT2D eigenvalue weighted by molar-refractivity contribution is 0.340. The van der Waals surface area contributed by atoms with Crippen molar-refractivity contribution >= 4 is 33.0 Å². The first-order chi connectivity index (χ1) is 16.3. The fourth-order valence-electron chi connectivity index (χ4n) is 3.35. The van der Waals surface area contributed by atoms with Gasteiger partial charge in [0.2, 0.25) is 5.95 Å². The minimum Gasteiger partial charge on any atom is -0.494 e. The van der Waals surface area contributed by atoms with E-state index in [1.165, 1.54) is 0 Å². The van der Waals surface area contributed by atoms with E-state index in [9.17, 15) is 4.21 Å². The van der Waals surface area contributed by atoms with Crippen molar-refractivity contribution < 1.29 is 13.4 Å². The number of benzene rings is 2. The number of hydrogen-bond donors (Lipinski definition) is 3. The lowest BCUT2D eigenvalue weighted by Gasteiger charge is -2.14. The molecular weight excluding hydrogens is 450 g/mol. The van der Waals surface area contributed by atoms with E-state index in [2.05, 4.69) is 21.5 Å². The van der Waals surface area contributed by atoms with Crippen molar-refractivity contribution in [2.24, 2.45) is 5.14 Å². The molecule has 4 N–H and O–H groups in total. The minimum absolute atomic E-state index is 0.373. The summed E-state index contributed by atoms with van der Waals surface area (Å²) in [5.74, 6) is 6.98. The third-order valence-electron chi connectivity index (χ3n) is 4.98. The maximum Gasteiger partial charge on any atom is 0.229 e. The van der Waals surface area contributed by atoms with Gasteiger partial charge in [0.05, 0.1) is 22.9 Å². The van der Waals surface area contributed by atoms with Crippen molar-refractivity contribution in [3.05, 3.63) is 78.4 Å². The number of rotatable bonds is 9. The zero-order valence-corrected chi connectivity index (χ0v) is 19.9. The van der Waals surface area contributed by atoms with Crippen LogP contribution in [0.5, 0.6) is 5.75 Å². The molecule has 9 heteroatoms. The molecule has 1 atom stereocenters. The van der Waals surface area contributed by atoms with Crippen molar-refractivity contribution in [2.75, 3.05) is 17.2 Å². The van der Waals surface area contributed by atoms with E-state index in [1.807, 2.05) is 56.3 Å². The number of nitrogens with one attached hydrogen (secondary N) is 2. The number of nitrogens with two attached hydrogens (primary N) is 1. The third kappa shape index (κ3) is 5.75. The van der Waals surface area contributed by atoms with Gasteiger partial charge in [0.25, 0.3) is 0 Å². The highest BCUT2D eigenvalue weighted by atomic mass is 32.2. The Labute approximate surface area is 199 Å². The molecule has 2 aromatic heterocycles. The zero-order chi connectivity index (χ0) is 24.1. The van der Waals surface area contributed by atoms with Gasteiger partial charge in [-0.25, -0.2) is 9.19 Å². The number of hydrogen-bond acceptors (Lipinski definition) is 7. The molecule has 4 aromatic rings. The highest BCUT2D eigenvalue weighted by molar-refractivity contribution is 7.98. The molecular formula is C25H27N5O3S. The summed E-state index contributed by atoms with van der Waals surface area (Å²) < 4.78 is 23.3. The van der Waals surface area contributed by atoms with Crippen molar-refractivity contribution in [3.8, 4) is 16.9 Å². The highest BCUT2D eigenvalue weighted by Crippen LogP contribution is 2.30. The van der Waals surface area contributed by atoms with Crippen LogP contribution in [0.15, 0.2) is 76.2 Å². The third-order valence-corrected chi connectivity index (χ3v) is 6.03. The van der Waals surface area contributed by atoms with Crippen LogP contribution in [0.3, 0.4) is 0 Å². The second-order valence-electron chi connectivity index (χ2n) is 7.66. The van der Waals surface area contributed by atoms with E-state index in [1.54, 1.807) is 24.4 Å². The molecule has 0 aliphatic rings. The largest absolute Gasteiger partial charge is 0.494 e. The van der Waals surface area contributed by atoms with E-state index < -0.39 is 9.71 Å². The number of anilines is 3. The molecule has 1 unspecified atom stereocenters. The maximum absolute atomic E-state index is 12.1. The van der Waals surface area contributed by atoms with E-state index in [0.717, 1.165) is 28.4 Å². The summed E-state index contributed by atoms with van der Waals surface area (Å²) in [4.78, 5) is 9.62. The van der Waals surface area contributed by atoms with E-state index >= 15 is 0 Å². The standard InChI is InChI=1S/C25H27N5O3S/c1-4-32-20-12-9-18(10-13-20)23-16-28-25(29-19-6-5-7-22(14-19)34(3,26)31)30-24(23)27-15-21-11-8-17(2)33-21/h5-14,16H,3-4,15H2,1-2H3,(H2,26,31)(H2,27,28,29,30). The molecule has 0 amide bonds. The molecule has 0 saturated carbocycles. The number of aromatic nitrogens is 2. The summed E-state index contributed by atoms with van der Waals surface area (Å²) in [6.07, 6.45) is 1.75. The molecule has 0 aliphatic carbocycles. The average molecular weight is 478 g/mol. The first kappa shape index (κ1) is 23.3. The molecule has 2 heterocycles. The van der Waals surface area contributed by atoms with Gasteiger partial charge in [-0.05, 0) is 67.7 Å². The Balaban J connectivity index is 1.65. The van der Waals surface area contributed by atoms with E-state index in [0.29, 0.717) is 35.5 Å². The van der Waals surface area contributed by atoms with Gasteiger partial charge in [-0.1, -0.05) is 18.2 Å². The molecule has 0 spiro atoms. The van der Waals surface area contributed by atoms with Crippen LogP contribution in [-0.2, 0) is 16.3 Å². The molecule has 0 radical (unpaired) electrons. The van der Waals surface area contributed by atoms with Gasteiger partial charge in [-0.3, -0.25) is 5.14 Å². The van der Waals surface area contributed by atoms with Crippen molar-refractivity contribution in [3.63, 3.8) is 0 Å².